The topological polar surface area (TPSA) is 72.7 Å². The molecule has 1 aromatic heterocycles. The van der Waals surface area contributed by atoms with Gasteiger partial charge in [0, 0.05) is 12.1 Å². The molecule has 2 rings (SSSR count). The van der Waals surface area contributed by atoms with Crippen LogP contribution in [0.25, 0.3) is 5.69 Å². The van der Waals surface area contributed by atoms with Crippen LogP contribution in [0.5, 0.6) is 0 Å². The third-order valence-electron chi connectivity index (χ3n) is 2.06. The lowest BCUT2D eigenvalue weighted by Gasteiger charge is -2.05. The molecule has 0 radical (unpaired) electrons. The van der Waals surface area contributed by atoms with Crippen LogP contribution in [0.1, 0.15) is 13.3 Å². The average molecular weight is 217 g/mol. The van der Waals surface area contributed by atoms with Crippen molar-refractivity contribution in [1.29, 1.82) is 0 Å². The van der Waals surface area contributed by atoms with Crippen LogP contribution in [0.3, 0.4) is 0 Å². The molecular formula is C10H11N5O. The Labute approximate surface area is 92.3 Å². The van der Waals surface area contributed by atoms with Crippen LogP contribution in [-0.4, -0.2) is 26.1 Å². The van der Waals surface area contributed by atoms with Gasteiger partial charge in [0.1, 0.15) is 6.33 Å². The summed E-state index contributed by atoms with van der Waals surface area (Å²) < 4.78 is 1.53. The van der Waals surface area contributed by atoms with Crippen molar-refractivity contribution in [1.82, 2.24) is 20.2 Å². The number of nitrogens with one attached hydrogen (secondary N) is 1. The van der Waals surface area contributed by atoms with Crippen LogP contribution in [0.2, 0.25) is 0 Å². The summed E-state index contributed by atoms with van der Waals surface area (Å²) in [7, 11) is 0. The summed E-state index contributed by atoms with van der Waals surface area (Å²) in [4.78, 5) is 11.2. The van der Waals surface area contributed by atoms with Gasteiger partial charge in [0.15, 0.2) is 0 Å². The van der Waals surface area contributed by atoms with E-state index >= 15 is 0 Å². The zero-order valence-electron chi connectivity index (χ0n) is 8.79. The van der Waals surface area contributed by atoms with Crippen LogP contribution in [0, 0.1) is 0 Å². The maximum atomic E-state index is 11.2. The fourth-order valence-corrected chi connectivity index (χ4v) is 1.26. The molecule has 0 spiro atoms. The molecule has 1 amide bonds. The average Bonchev–Trinajstić information content (AvgIpc) is 2.83. The Kier molecular flexibility index (Phi) is 2.90. The lowest BCUT2D eigenvalue weighted by Crippen LogP contribution is -2.09. The van der Waals surface area contributed by atoms with Crippen LogP contribution >= 0.6 is 0 Å². The van der Waals surface area contributed by atoms with Crippen molar-refractivity contribution >= 4 is 11.6 Å². The van der Waals surface area contributed by atoms with Gasteiger partial charge in [-0.25, -0.2) is 4.68 Å². The third kappa shape index (κ3) is 2.22. The number of benzene rings is 1. The number of tetrazole rings is 1. The van der Waals surface area contributed by atoms with Crippen molar-refractivity contribution in [3.05, 3.63) is 30.6 Å². The number of anilines is 1. The number of hydrogen-bond acceptors (Lipinski definition) is 4. The van der Waals surface area contributed by atoms with Gasteiger partial charge in [-0.1, -0.05) is 13.0 Å². The fourth-order valence-electron chi connectivity index (χ4n) is 1.26. The molecule has 1 heterocycles. The number of rotatable bonds is 3. The monoisotopic (exact) mass is 217 g/mol. The molecule has 0 bridgehead atoms. The summed E-state index contributed by atoms with van der Waals surface area (Å²) >= 11 is 0. The van der Waals surface area contributed by atoms with E-state index in [1.165, 1.54) is 11.0 Å². The van der Waals surface area contributed by atoms with Crippen molar-refractivity contribution in [2.24, 2.45) is 0 Å². The summed E-state index contributed by atoms with van der Waals surface area (Å²) in [5, 5.41) is 13.6. The van der Waals surface area contributed by atoms with E-state index in [4.69, 9.17) is 0 Å². The van der Waals surface area contributed by atoms with Crippen molar-refractivity contribution in [3.63, 3.8) is 0 Å². The Bertz CT molecular complexity index is 480. The molecule has 1 N–H and O–H groups in total. The minimum atomic E-state index is -0.0196. The molecular weight excluding hydrogens is 206 g/mol. The van der Waals surface area contributed by atoms with Crippen molar-refractivity contribution in [2.45, 2.75) is 13.3 Å². The van der Waals surface area contributed by atoms with E-state index in [-0.39, 0.29) is 5.91 Å². The van der Waals surface area contributed by atoms with Gasteiger partial charge < -0.3 is 5.32 Å². The highest BCUT2D eigenvalue weighted by Gasteiger charge is 2.01. The van der Waals surface area contributed by atoms with Gasteiger partial charge in [0.05, 0.1) is 5.69 Å². The predicted octanol–water partition coefficient (Wildman–Crippen LogP) is 1.01. The van der Waals surface area contributed by atoms with Crippen molar-refractivity contribution < 1.29 is 4.79 Å². The largest absolute Gasteiger partial charge is 0.326 e. The van der Waals surface area contributed by atoms with E-state index in [1.54, 1.807) is 6.92 Å². The molecule has 6 heteroatoms. The zero-order chi connectivity index (χ0) is 11.4. The molecule has 16 heavy (non-hydrogen) atoms. The molecule has 0 saturated heterocycles. The van der Waals surface area contributed by atoms with Crippen LogP contribution in [0.4, 0.5) is 5.69 Å². The van der Waals surface area contributed by atoms with Gasteiger partial charge in [-0.05, 0) is 28.6 Å². The highest BCUT2D eigenvalue weighted by molar-refractivity contribution is 5.90. The second-order valence-electron chi connectivity index (χ2n) is 3.21. The van der Waals surface area contributed by atoms with E-state index in [0.29, 0.717) is 6.42 Å². The summed E-state index contributed by atoms with van der Waals surface area (Å²) in [5.74, 6) is -0.0196. The Morgan fingerprint density at radius 3 is 3.06 bits per heavy atom. The number of aromatic nitrogens is 4. The van der Waals surface area contributed by atoms with E-state index in [9.17, 15) is 4.79 Å². The molecule has 0 aliphatic heterocycles. The first-order chi connectivity index (χ1) is 7.79. The predicted molar refractivity (Wildman–Crippen MR) is 58.1 cm³/mol. The number of nitrogens with zero attached hydrogens (tertiary/aromatic N) is 4. The second-order valence-corrected chi connectivity index (χ2v) is 3.21. The Morgan fingerprint density at radius 2 is 2.38 bits per heavy atom. The van der Waals surface area contributed by atoms with Crippen molar-refractivity contribution in [3.8, 4) is 5.69 Å². The van der Waals surface area contributed by atoms with E-state index in [2.05, 4.69) is 20.8 Å². The quantitative estimate of drug-likeness (QED) is 0.832. The van der Waals surface area contributed by atoms with Crippen LogP contribution < -0.4 is 5.32 Å². The normalized spacial score (nSPS) is 10.1. The third-order valence-corrected chi connectivity index (χ3v) is 2.06. The first-order valence-corrected chi connectivity index (χ1v) is 4.93. The van der Waals surface area contributed by atoms with Gasteiger partial charge in [0.2, 0.25) is 5.91 Å². The number of hydrogen-bond donors (Lipinski definition) is 1. The fraction of sp³-hybridized carbons (Fsp3) is 0.200. The Balaban J connectivity index is 2.23. The maximum absolute atomic E-state index is 11.2. The van der Waals surface area contributed by atoms with Crippen LogP contribution in [-0.2, 0) is 4.79 Å². The minimum Gasteiger partial charge on any atom is -0.326 e. The van der Waals surface area contributed by atoms with Gasteiger partial charge in [-0.15, -0.1) is 5.10 Å². The lowest BCUT2D eigenvalue weighted by atomic mass is 10.2. The van der Waals surface area contributed by atoms with Gasteiger partial charge >= 0.3 is 0 Å². The Morgan fingerprint density at radius 1 is 1.50 bits per heavy atom. The lowest BCUT2D eigenvalue weighted by molar-refractivity contribution is -0.115. The number of amides is 1. The summed E-state index contributed by atoms with van der Waals surface area (Å²) in [6.45, 7) is 1.81. The van der Waals surface area contributed by atoms with Crippen LogP contribution in [0.15, 0.2) is 30.6 Å². The number of carbonyl (C=O) groups excluding carboxylic acids is 1. The van der Waals surface area contributed by atoms with E-state index in [1.807, 2.05) is 24.3 Å². The highest BCUT2D eigenvalue weighted by atomic mass is 16.1. The molecule has 0 aliphatic rings. The second kappa shape index (κ2) is 4.52. The molecule has 1 aromatic carbocycles. The molecule has 2 aromatic rings. The molecule has 0 atom stereocenters. The Hall–Kier alpha value is -2.24. The van der Waals surface area contributed by atoms with Gasteiger partial charge in [-0.3, -0.25) is 4.79 Å². The molecule has 0 fully saturated rings. The van der Waals surface area contributed by atoms with Gasteiger partial charge in [0.25, 0.3) is 0 Å². The SMILES string of the molecule is CCC(=O)Nc1cccc(-n2cnnn2)c1. The zero-order valence-corrected chi connectivity index (χ0v) is 8.79. The van der Waals surface area contributed by atoms with Crippen molar-refractivity contribution in [2.75, 3.05) is 5.32 Å². The van der Waals surface area contributed by atoms with E-state index in [0.717, 1.165) is 11.4 Å². The molecule has 0 unspecified atom stereocenters. The minimum absolute atomic E-state index is 0.0196. The molecule has 6 nitrogen and oxygen atoms in total. The van der Waals surface area contributed by atoms with E-state index < -0.39 is 0 Å². The maximum Gasteiger partial charge on any atom is 0.224 e. The number of carbonyl (C=O) groups is 1. The molecule has 82 valence electrons. The highest BCUT2D eigenvalue weighted by Crippen LogP contribution is 2.13. The summed E-state index contributed by atoms with van der Waals surface area (Å²) in [6.07, 6.45) is 1.95. The summed E-state index contributed by atoms with van der Waals surface area (Å²) in [6, 6.07) is 7.32. The summed E-state index contributed by atoms with van der Waals surface area (Å²) in [5.41, 5.74) is 1.54. The standard InChI is InChI=1S/C10H11N5O/c1-2-10(16)12-8-4-3-5-9(6-8)15-7-11-13-14-15/h3-7H,2H2,1H3,(H,12,16). The van der Waals surface area contributed by atoms with Gasteiger partial charge in [-0.2, -0.15) is 0 Å². The molecule has 0 aliphatic carbocycles. The first-order valence-electron chi connectivity index (χ1n) is 4.93. The smallest absolute Gasteiger partial charge is 0.224 e. The first kappa shape index (κ1) is 10.3. The molecule has 0 saturated carbocycles.